The highest BCUT2D eigenvalue weighted by Gasteiger charge is 2.12. The summed E-state index contributed by atoms with van der Waals surface area (Å²) in [6.45, 7) is 0.485. The van der Waals surface area contributed by atoms with Gasteiger partial charge in [-0.1, -0.05) is 17.7 Å². The molecule has 2 aromatic heterocycles. The molecular formula is C15H16ClN3O2. The number of rotatable bonds is 5. The first-order valence-corrected chi connectivity index (χ1v) is 6.79. The lowest BCUT2D eigenvalue weighted by molar-refractivity contribution is -0.129. The van der Waals surface area contributed by atoms with Crippen molar-refractivity contribution >= 4 is 17.5 Å². The summed E-state index contributed by atoms with van der Waals surface area (Å²) in [6.07, 6.45) is 5.11. The van der Waals surface area contributed by atoms with E-state index in [9.17, 15) is 4.79 Å². The van der Waals surface area contributed by atoms with Crippen molar-refractivity contribution in [3.63, 3.8) is 0 Å². The largest absolute Gasteiger partial charge is 0.481 e. The van der Waals surface area contributed by atoms with Gasteiger partial charge in [0.15, 0.2) is 0 Å². The third kappa shape index (κ3) is 4.16. The molecule has 0 fully saturated rings. The van der Waals surface area contributed by atoms with Crippen molar-refractivity contribution in [2.75, 3.05) is 14.2 Å². The fourth-order valence-corrected chi connectivity index (χ4v) is 2.02. The second kappa shape index (κ2) is 7.04. The Balaban J connectivity index is 1.97. The van der Waals surface area contributed by atoms with Crippen molar-refractivity contribution in [1.29, 1.82) is 0 Å². The summed E-state index contributed by atoms with van der Waals surface area (Å²) in [7, 11) is 3.32. The molecule has 1 amide bonds. The van der Waals surface area contributed by atoms with Gasteiger partial charge in [-0.25, -0.2) is 4.98 Å². The van der Waals surface area contributed by atoms with Gasteiger partial charge in [0.25, 0.3) is 0 Å². The van der Waals surface area contributed by atoms with Crippen LogP contribution in [0.2, 0.25) is 5.02 Å². The molecule has 0 saturated heterocycles. The minimum Gasteiger partial charge on any atom is -0.481 e. The fraction of sp³-hybridized carbons (Fsp3) is 0.267. The Morgan fingerprint density at radius 2 is 2.14 bits per heavy atom. The van der Waals surface area contributed by atoms with Crippen LogP contribution in [-0.2, 0) is 17.8 Å². The summed E-state index contributed by atoms with van der Waals surface area (Å²) in [6, 6.07) is 5.41. The van der Waals surface area contributed by atoms with Crippen LogP contribution >= 0.6 is 11.6 Å². The SMILES string of the molecule is COc1ccc(CN(C)C(=O)Cc2ccncc2Cl)cn1. The molecule has 0 radical (unpaired) electrons. The molecule has 0 aliphatic rings. The predicted octanol–water partition coefficient (Wildman–Crippen LogP) is 2.34. The lowest BCUT2D eigenvalue weighted by Gasteiger charge is -2.17. The van der Waals surface area contributed by atoms with Crippen molar-refractivity contribution in [1.82, 2.24) is 14.9 Å². The van der Waals surface area contributed by atoms with E-state index in [1.165, 1.54) is 6.20 Å². The van der Waals surface area contributed by atoms with Crippen molar-refractivity contribution < 1.29 is 9.53 Å². The Hall–Kier alpha value is -2.14. The minimum atomic E-state index is -0.0149. The summed E-state index contributed by atoms with van der Waals surface area (Å²) in [5.74, 6) is 0.537. The van der Waals surface area contributed by atoms with Crippen LogP contribution < -0.4 is 4.74 Å². The molecule has 110 valence electrons. The van der Waals surface area contributed by atoms with Crippen LogP contribution in [0.15, 0.2) is 36.8 Å². The Morgan fingerprint density at radius 3 is 2.76 bits per heavy atom. The van der Waals surface area contributed by atoms with Crippen LogP contribution in [0.3, 0.4) is 0 Å². The smallest absolute Gasteiger partial charge is 0.227 e. The highest BCUT2D eigenvalue weighted by molar-refractivity contribution is 6.31. The van der Waals surface area contributed by atoms with Gasteiger partial charge in [-0.15, -0.1) is 0 Å². The maximum absolute atomic E-state index is 12.2. The van der Waals surface area contributed by atoms with E-state index in [1.54, 1.807) is 43.6 Å². The first-order chi connectivity index (χ1) is 10.1. The molecule has 6 heteroatoms. The molecule has 0 unspecified atom stereocenters. The third-order valence-corrected chi connectivity index (χ3v) is 3.39. The van der Waals surface area contributed by atoms with Gasteiger partial charge in [-0.05, 0) is 17.2 Å². The van der Waals surface area contributed by atoms with Crippen molar-refractivity contribution in [3.05, 3.63) is 52.9 Å². The quantitative estimate of drug-likeness (QED) is 0.851. The lowest BCUT2D eigenvalue weighted by Crippen LogP contribution is -2.27. The maximum Gasteiger partial charge on any atom is 0.227 e. The van der Waals surface area contributed by atoms with Gasteiger partial charge in [0.1, 0.15) is 0 Å². The summed E-state index contributed by atoms with van der Waals surface area (Å²) in [5, 5.41) is 0.505. The van der Waals surface area contributed by atoms with E-state index in [0.29, 0.717) is 17.4 Å². The molecule has 0 N–H and O–H groups in total. The van der Waals surface area contributed by atoms with Gasteiger partial charge in [0.05, 0.1) is 18.6 Å². The standard InChI is InChI=1S/C15H16ClN3O2/c1-19(10-11-3-4-14(21-2)18-8-11)15(20)7-12-5-6-17-9-13(12)16/h3-6,8-9H,7,10H2,1-2H3. The van der Waals surface area contributed by atoms with Crippen LogP contribution in [0.1, 0.15) is 11.1 Å². The minimum absolute atomic E-state index is 0.0149. The van der Waals surface area contributed by atoms with Gasteiger partial charge >= 0.3 is 0 Å². The molecule has 5 nitrogen and oxygen atoms in total. The number of pyridine rings is 2. The lowest BCUT2D eigenvalue weighted by atomic mass is 10.1. The number of amides is 1. The van der Waals surface area contributed by atoms with E-state index in [0.717, 1.165) is 11.1 Å². The van der Waals surface area contributed by atoms with E-state index in [2.05, 4.69) is 9.97 Å². The second-order valence-corrected chi connectivity index (χ2v) is 5.01. The number of carbonyl (C=O) groups excluding carboxylic acids is 1. The average Bonchev–Trinajstić information content (AvgIpc) is 2.50. The number of likely N-dealkylation sites (N-methyl/N-ethyl adjacent to an activating group) is 1. The normalized spacial score (nSPS) is 10.2. The van der Waals surface area contributed by atoms with Crippen LogP contribution in [0.25, 0.3) is 0 Å². The van der Waals surface area contributed by atoms with Crippen molar-refractivity contribution in [2.45, 2.75) is 13.0 Å². The molecule has 0 spiro atoms. The molecule has 0 saturated carbocycles. The summed E-state index contributed by atoms with van der Waals surface area (Å²) >= 11 is 6.01. The number of methoxy groups -OCH3 is 1. The van der Waals surface area contributed by atoms with E-state index in [1.807, 2.05) is 6.07 Å². The number of aromatic nitrogens is 2. The molecule has 21 heavy (non-hydrogen) atoms. The number of hydrogen-bond acceptors (Lipinski definition) is 4. The summed E-state index contributed by atoms with van der Waals surface area (Å²) < 4.78 is 5.00. The topological polar surface area (TPSA) is 55.3 Å². The molecule has 0 aliphatic carbocycles. The Labute approximate surface area is 128 Å². The summed E-state index contributed by atoms with van der Waals surface area (Å²) in [5.41, 5.74) is 1.71. The molecule has 2 aromatic rings. The zero-order chi connectivity index (χ0) is 15.2. The monoisotopic (exact) mass is 305 g/mol. The summed E-state index contributed by atoms with van der Waals surface area (Å²) in [4.78, 5) is 21.9. The van der Waals surface area contributed by atoms with E-state index in [4.69, 9.17) is 16.3 Å². The van der Waals surface area contributed by atoms with Crippen molar-refractivity contribution in [2.24, 2.45) is 0 Å². The molecule has 2 heterocycles. The Bertz CT molecular complexity index is 617. The molecule has 0 atom stereocenters. The van der Waals surface area contributed by atoms with Crippen LogP contribution in [0.5, 0.6) is 5.88 Å². The number of ether oxygens (including phenoxy) is 1. The van der Waals surface area contributed by atoms with Crippen LogP contribution in [-0.4, -0.2) is 34.9 Å². The van der Waals surface area contributed by atoms with Crippen LogP contribution in [0.4, 0.5) is 0 Å². The van der Waals surface area contributed by atoms with Gasteiger partial charge in [0, 0.05) is 38.2 Å². The van der Waals surface area contributed by atoms with E-state index >= 15 is 0 Å². The maximum atomic E-state index is 12.2. The van der Waals surface area contributed by atoms with Gasteiger partial charge < -0.3 is 9.64 Å². The van der Waals surface area contributed by atoms with Crippen LogP contribution in [0, 0.1) is 0 Å². The Morgan fingerprint density at radius 1 is 1.33 bits per heavy atom. The average molecular weight is 306 g/mol. The first kappa shape index (κ1) is 15.3. The van der Waals surface area contributed by atoms with E-state index < -0.39 is 0 Å². The molecule has 0 aliphatic heterocycles. The molecular weight excluding hydrogens is 290 g/mol. The third-order valence-electron chi connectivity index (χ3n) is 3.05. The molecule has 0 bridgehead atoms. The zero-order valence-electron chi connectivity index (χ0n) is 11.9. The number of nitrogens with zero attached hydrogens (tertiary/aromatic N) is 3. The number of halogens is 1. The van der Waals surface area contributed by atoms with Gasteiger partial charge in [-0.2, -0.15) is 0 Å². The predicted molar refractivity (Wildman–Crippen MR) is 80.2 cm³/mol. The highest BCUT2D eigenvalue weighted by Crippen LogP contribution is 2.15. The zero-order valence-corrected chi connectivity index (χ0v) is 12.7. The van der Waals surface area contributed by atoms with Gasteiger partial charge in [-0.3, -0.25) is 9.78 Å². The second-order valence-electron chi connectivity index (χ2n) is 4.60. The Kier molecular flexibility index (Phi) is 5.11. The van der Waals surface area contributed by atoms with Crippen molar-refractivity contribution in [3.8, 4) is 5.88 Å². The number of hydrogen-bond donors (Lipinski definition) is 0. The highest BCUT2D eigenvalue weighted by atomic mass is 35.5. The number of carbonyl (C=O) groups is 1. The van der Waals surface area contributed by atoms with E-state index in [-0.39, 0.29) is 12.3 Å². The fourth-order valence-electron chi connectivity index (χ4n) is 1.83. The molecule has 2 rings (SSSR count). The van der Waals surface area contributed by atoms with Gasteiger partial charge in [0.2, 0.25) is 11.8 Å². The first-order valence-electron chi connectivity index (χ1n) is 6.41. The molecule has 0 aromatic carbocycles.